The molecule has 4 rings (SSSR count). The van der Waals surface area contributed by atoms with Gasteiger partial charge >= 0.3 is 13.1 Å². The normalized spacial score (nSPS) is 14.9. The molecule has 0 atom stereocenters. The first-order valence-corrected chi connectivity index (χ1v) is 11.2. The molecular formula is C20H20BN3O7S. The molecule has 0 aliphatic carbocycles. The highest BCUT2D eigenvalue weighted by atomic mass is 32.2. The number of morpholine rings is 1. The molecule has 2 aromatic carbocycles. The SMILES string of the molecule is O=C(O)c1ccccc1Nc1c(S(=O)(=O)N2CCOCC2)cnc2ccc(B(O)O)cc12. The summed E-state index contributed by atoms with van der Waals surface area (Å²) in [6.45, 7) is 0.846. The van der Waals surface area contributed by atoms with Gasteiger partial charge in [-0.2, -0.15) is 4.31 Å². The van der Waals surface area contributed by atoms with Crippen molar-refractivity contribution in [2.24, 2.45) is 0 Å². The summed E-state index contributed by atoms with van der Waals surface area (Å²) in [5, 5.41) is 32.0. The molecule has 32 heavy (non-hydrogen) atoms. The summed E-state index contributed by atoms with van der Waals surface area (Å²) < 4.78 is 33.4. The van der Waals surface area contributed by atoms with Crippen LogP contribution >= 0.6 is 0 Å². The molecule has 0 unspecified atom stereocenters. The number of rotatable bonds is 6. The van der Waals surface area contributed by atoms with Crippen LogP contribution in [-0.4, -0.2) is 72.3 Å². The molecule has 0 bridgehead atoms. The van der Waals surface area contributed by atoms with E-state index in [1.54, 1.807) is 12.1 Å². The molecule has 4 N–H and O–H groups in total. The van der Waals surface area contributed by atoms with Gasteiger partial charge in [0, 0.05) is 24.7 Å². The number of hydrogen-bond acceptors (Lipinski definition) is 8. The van der Waals surface area contributed by atoms with Crippen LogP contribution in [0.5, 0.6) is 0 Å². The summed E-state index contributed by atoms with van der Waals surface area (Å²) in [5.41, 5.74) is 0.754. The van der Waals surface area contributed by atoms with Crippen LogP contribution in [0.2, 0.25) is 0 Å². The molecule has 0 spiro atoms. The molecule has 1 saturated heterocycles. The highest BCUT2D eigenvalue weighted by Gasteiger charge is 2.31. The summed E-state index contributed by atoms with van der Waals surface area (Å²) in [4.78, 5) is 15.8. The van der Waals surface area contributed by atoms with E-state index in [9.17, 15) is 28.4 Å². The summed E-state index contributed by atoms with van der Waals surface area (Å²) in [5.74, 6) is -1.18. The Labute approximate surface area is 184 Å². The molecule has 1 aliphatic heterocycles. The van der Waals surface area contributed by atoms with Crippen molar-refractivity contribution in [1.82, 2.24) is 9.29 Å². The molecule has 1 fully saturated rings. The molecule has 0 radical (unpaired) electrons. The average molecular weight is 457 g/mol. The average Bonchev–Trinajstić information content (AvgIpc) is 2.79. The largest absolute Gasteiger partial charge is 0.488 e. The summed E-state index contributed by atoms with van der Waals surface area (Å²) in [7, 11) is -5.79. The number of pyridine rings is 1. The van der Waals surface area contributed by atoms with E-state index < -0.39 is 23.1 Å². The van der Waals surface area contributed by atoms with Crippen molar-refractivity contribution in [3.8, 4) is 0 Å². The van der Waals surface area contributed by atoms with Crippen molar-refractivity contribution >= 4 is 50.9 Å². The molecule has 3 aromatic rings. The number of anilines is 2. The zero-order valence-electron chi connectivity index (χ0n) is 16.8. The summed E-state index contributed by atoms with van der Waals surface area (Å²) in [6, 6.07) is 10.5. The van der Waals surface area contributed by atoms with E-state index in [-0.39, 0.29) is 53.6 Å². The van der Waals surface area contributed by atoms with Crippen LogP contribution in [0, 0.1) is 0 Å². The molecule has 2 heterocycles. The fraction of sp³-hybridized carbons (Fsp3) is 0.200. The second-order valence-electron chi connectivity index (χ2n) is 7.14. The van der Waals surface area contributed by atoms with Gasteiger partial charge in [-0.1, -0.05) is 24.3 Å². The first-order chi connectivity index (χ1) is 15.3. The van der Waals surface area contributed by atoms with Crippen LogP contribution in [0.1, 0.15) is 10.4 Å². The molecule has 10 nitrogen and oxygen atoms in total. The Morgan fingerprint density at radius 2 is 1.84 bits per heavy atom. The van der Waals surface area contributed by atoms with E-state index >= 15 is 0 Å². The topological polar surface area (TPSA) is 149 Å². The number of aromatic nitrogens is 1. The number of benzene rings is 2. The fourth-order valence-electron chi connectivity index (χ4n) is 3.52. The lowest BCUT2D eigenvalue weighted by atomic mass is 9.79. The minimum atomic E-state index is -4.01. The number of carboxylic acids is 1. The third-order valence-electron chi connectivity index (χ3n) is 5.16. The number of ether oxygens (including phenoxy) is 1. The van der Waals surface area contributed by atoms with Crippen LogP contribution < -0.4 is 10.8 Å². The van der Waals surface area contributed by atoms with Gasteiger partial charge in [0.05, 0.1) is 35.7 Å². The Morgan fingerprint density at radius 3 is 2.53 bits per heavy atom. The van der Waals surface area contributed by atoms with Crippen molar-refractivity contribution < 1.29 is 33.1 Å². The fourth-order valence-corrected chi connectivity index (χ4v) is 5.03. The smallest absolute Gasteiger partial charge is 0.478 e. The Kier molecular flexibility index (Phi) is 6.13. The number of nitrogens with one attached hydrogen (secondary N) is 1. The van der Waals surface area contributed by atoms with E-state index in [1.807, 2.05) is 0 Å². The molecule has 12 heteroatoms. The summed E-state index contributed by atoms with van der Waals surface area (Å²) in [6.07, 6.45) is 1.22. The first kappa shape index (κ1) is 22.2. The number of hydrogen-bond donors (Lipinski definition) is 4. The molecule has 1 aromatic heterocycles. The van der Waals surface area contributed by atoms with Gasteiger partial charge in [-0.3, -0.25) is 4.98 Å². The number of sulfonamides is 1. The van der Waals surface area contributed by atoms with Gasteiger partial charge in [0.15, 0.2) is 0 Å². The number of fused-ring (bicyclic) bond motifs is 1. The lowest BCUT2D eigenvalue weighted by molar-refractivity contribution is 0.0698. The number of carbonyl (C=O) groups is 1. The number of nitrogens with zero attached hydrogens (tertiary/aromatic N) is 2. The van der Waals surface area contributed by atoms with Crippen LogP contribution in [0.15, 0.2) is 53.6 Å². The van der Waals surface area contributed by atoms with E-state index in [2.05, 4.69) is 10.3 Å². The zero-order chi connectivity index (χ0) is 22.9. The van der Waals surface area contributed by atoms with Gasteiger partial charge in [0.25, 0.3) is 0 Å². The Bertz CT molecular complexity index is 1280. The number of aromatic carboxylic acids is 1. The zero-order valence-corrected chi connectivity index (χ0v) is 17.6. The van der Waals surface area contributed by atoms with Crippen molar-refractivity contribution in [3.05, 3.63) is 54.2 Å². The molecule has 1 aliphatic rings. The quantitative estimate of drug-likeness (QED) is 0.385. The van der Waals surface area contributed by atoms with E-state index in [1.165, 1.54) is 40.8 Å². The molecule has 0 saturated carbocycles. The van der Waals surface area contributed by atoms with Gasteiger partial charge in [-0.05, 0) is 23.7 Å². The maximum absolute atomic E-state index is 13.5. The highest BCUT2D eigenvalue weighted by Crippen LogP contribution is 2.34. The van der Waals surface area contributed by atoms with Crippen LogP contribution in [-0.2, 0) is 14.8 Å². The van der Waals surface area contributed by atoms with Gasteiger partial charge in [0.2, 0.25) is 10.0 Å². The summed E-state index contributed by atoms with van der Waals surface area (Å²) >= 11 is 0. The maximum atomic E-state index is 13.5. The minimum Gasteiger partial charge on any atom is -0.478 e. The van der Waals surface area contributed by atoms with Crippen molar-refractivity contribution in [1.29, 1.82) is 0 Å². The van der Waals surface area contributed by atoms with Crippen molar-refractivity contribution in [2.75, 3.05) is 31.6 Å². The first-order valence-electron chi connectivity index (χ1n) is 9.75. The van der Waals surface area contributed by atoms with Crippen LogP contribution in [0.25, 0.3) is 10.9 Å². The van der Waals surface area contributed by atoms with E-state index in [0.29, 0.717) is 10.9 Å². The number of para-hydroxylation sites is 1. The van der Waals surface area contributed by atoms with Crippen LogP contribution in [0.3, 0.4) is 0 Å². The van der Waals surface area contributed by atoms with Crippen molar-refractivity contribution in [2.45, 2.75) is 4.90 Å². The van der Waals surface area contributed by atoms with Gasteiger partial charge in [0.1, 0.15) is 4.90 Å². The highest BCUT2D eigenvalue weighted by molar-refractivity contribution is 7.89. The van der Waals surface area contributed by atoms with Crippen molar-refractivity contribution in [3.63, 3.8) is 0 Å². The lowest BCUT2D eigenvalue weighted by Gasteiger charge is -2.27. The maximum Gasteiger partial charge on any atom is 0.488 e. The third-order valence-corrected chi connectivity index (χ3v) is 7.07. The Hall–Kier alpha value is -3.03. The molecular weight excluding hydrogens is 437 g/mol. The third kappa shape index (κ3) is 4.18. The van der Waals surface area contributed by atoms with Gasteiger partial charge < -0.3 is 25.2 Å². The van der Waals surface area contributed by atoms with E-state index in [0.717, 1.165) is 0 Å². The Balaban J connectivity index is 1.95. The molecule has 166 valence electrons. The minimum absolute atomic E-state index is 0.0504. The molecule has 0 amide bonds. The second-order valence-corrected chi connectivity index (χ2v) is 9.05. The second kappa shape index (κ2) is 8.84. The van der Waals surface area contributed by atoms with Gasteiger partial charge in [-0.25, -0.2) is 13.2 Å². The predicted octanol–water partition coefficient (Wildman–Crippen LogP) is 0.377. The predicted molar refractivity (Wildman–Crippen MR) is 118 cm³/mol. The van der Waals surface area contributed by atoms with Crippen LogP contribution in [0.4, 0.5) is 11.4 Å². The lowest BCUT2D eigenvalue weighted by Crippen LogP contribution is -2.40. The van der Waals surface area contributed by atoms with Gasteiger partial charge in [-0.15, -0.1) is 0 Å². The monoisotopic (exact) mass is 457 g/mol. The number of carboxylic acid groups (broad SMARTS) is 1. The standard InChI is InChI=1S/C20H20BN3O7S/c25-20(26)14-3-1-2-4-17(14)23-19-15-11-13(21(27)28)5-6-16(15)22-12-18(19)32(29,30)24-7-9-31-10-8-24/h1-6,11-12,27-28H,7-10H2,(H,22,23)(H,25,26). The van der Waals surface area contributed by atoms with E-state index in [4.69, 9.17) is 4.74 Å². The Morgan fingerprint density at radius 1 is 1.12 bits per heavy atom.